The molecule has 1 fully saturated rings. The Balaban J connectivity index is 1.98. The number of aliphatic hydroxyl groups excluding tert-OH is 1. The number of aliphatic hydroxyl groups is 1. The van der Waals surface area contributed by atoms with Crippen molar-refractivity contribution in [1.29, 1.82) is 0 Å². The molecule has 5 nitrogen and oxygen atoms in total. The van der Waals surface area contributed by atoms with Crippen LogP contribution in [0, 0.1) is 20.8 Å². The molecule has 0 saturated carbocycles. The van der Waals surface area contributed by atoms with Crippen LogP contribution < -0.4 is 4.90 Å². The minimum atomic E-state index is -0.843. The van der Waals surface area contributed by atoms with Crippen molar-refractivity contribution >= 4 is 23.1 Å². The molecule has 5 heteroatoms. The van der Waals surface area contributed by atoms with Crippen molar-refractivity contribution in [3.8, 4) is 0 Å². The Morgan fingerprint density at radius 1 is 0.966 bits per heavy atom. The van der Waals surface area contributed by atoms with Gasteiger partial charge in [0.25, 0.3) is 11.7 Å². The number of carbonyl (C=O) groups excluding carboxylic acids is 2. The molecule has 0 spiro atoms. The lowest BCUT2D eigenvalue weighted by molar-refractivity contribution is -0.132. The van der Waals surface area contributed by atoms with Crippen LogP contribution >= 0.6 is 0 Å². The van der Waals surface area contributed by atoms with Crippen molar-refractivity contribution in [2.45, 2.75) is 26.8 Å². The molecule has 146 valence electrons. The lowest BCUT2D eigenvalue weighted by Gasteiger charge is -2.25. The van der Waals surface area contributed by atoms with Crippen LogP contribution in [0.5, 0.6) is 0 Å². The molecule has 2 heterocycles. The molecular formula is C24H21NO4. The van der Waals surface area contributed by atoms with Gasteiger partial charge < -0.3 is 9.52 Å². The maximum Gasteiger partial charge on any atom is 0.300 e. The van der Waals surface area contributed by atoms with E-state index in [0.29, 0.717) is 22.8 Å². The standard InChI is InChI=1S/C24H21NO4/c1-14-9-10-15(2)18(13-14)25-21(19-12-11-16(3)29-19)20(23(27)24(25)28)22(26)17-7-5-4-6-8-17/h4-13,21,26H,1-3H3/b22-20-. The lowest BCUT2D eigenvalue weighted by atomic mass is 9.99. The van der Waals surface area contributed by atoms with Crippen LogP contribution in [-0.2, 0) is 9.59 Å². The van der Waals surface area contributed by atoms with Gasteiger partial charge in [0.1, 0.15) is 23.3 Å². The van der Waals surface area contributed by atoms with Gasteiger partial charge in [0.15, 0.2) is 0 Å². The topological polar surface area (TPSA) is 70.8 Å². The first-order valence-electron chi connectivity index (χ1n) is 9.38. The van der Waals surface area contributed by atoms with Crippen LogP contribution in [0.2, 0.25) is 0 Å². The fourth-order valence-corrected chi connectivity index (χ4v) is 3.68. The van der Waals surface area contributed by atoms with Crippen molar-refractivity contribution in [3.05, 3.63) is 94.4 Å². The summed E-state index contributed by atoms with van der Waals surface area (Å²) in [5, 5.41) is 11.0. The molecule has 1 amide bonds. The zero-order valence-corrected chi connectivity index (χ0v) is 16.5. The second-order valence-electron chi connectivity index (χ2n) is 7.27. The maximum atomic E-state index is 13.1. The number of benzene rings is 2. The van der Waals surface area contributed by atoms with Crippen LogP contribution in [0.15, 0.2) is 70.7 Å². The summed E-state index contributed by atoms with van der Waals surface area (Å²) in [6.45, 7) is 5.61. The van der Waals surface area contributed by atoms with Crippen LogP contribution in [0.1, 0.15) is 34.3 Å². The van der Waals surface area contributed by atoms with E-state index in [0.717, 1.165) is 11.1 Å². The fraction of sp³-hybridized carbons (Fsp3) is 0.167. The minimum Gasteiger partial charge on any atom is -0.507 e. The van der Waals surface area contributed by atoms with Crippen molar-refractivity contribution in [2.24, 2.45) is 0 Å². The number of rotatable bonds is 3. The van der Waals surface area contributed by atoms with Gasteiger partial charge in [0.05, 0.1) is 5.57 Å². The monoisotopic (exact) mass is 387 g/mol. The number of anilines is 1. The Kier molecular flexibility index (Phi) is 4.59. The van der Waals surface area contributed by atoms with Crippen molar-refractivity contribution in [1.82, 2.24) is 0 Å². The van der Waals surface area contributed by atoms with Gasteiger partial charge in [-0.2, -0.15) is 0 Å². The molecule has 1 N–H and O–H groups in total. The molecule has 1 aliphatic rings. The average molecular weight is 387 g/mol. The number of carbonyl (C=O) groups is 2. The molecule has 1 atom stereocenters. The maximum absolute atomic E-state index is 13.1. The number of aryl methyl sites for hydroxylation is 3. The molecule has 29 heavy (non-hydrogen) atoms. The lowest BCUT2D eigenvalue weighted by Crippen LogP contribution is -2.30. The number of Topliss-reactive ketones (excluding diaryl/α,β-unsaturated/α-hetero) is 1. The van der Waals surface area contributed by atoms with E-state index in [9.17, 15) is 14.7 Å². The Morgan fingerprint density at radius 2 is 1.69 bits per heavy atom. The van der Waals surface area contributed by atoms with E-state index in [2.05, 4.69) is 0 Å². The number of hydrogen-bond acceptors (Lipinski definition) is 4. The number of nitrogens with zero attached hydrogens (tertiary/aromatic N) is 1. The van der Waals surface area contributed by atoms with Gasteiger partial charge in [-0.05, 0) is 50.1 Å². The van der Waals surface area contributed by atoms with Crippen LogP contribution in [0.4, 0.5) is 5.69 Å². The summed E-state index contributed by atoms with van der Waals surface area (Å²) in [6.07, 6.45) is 0. The summed E-state index contributed by atoms with van der Waals surface area (Å²) in [5.41, 5.74) is 2.94. The SMILES string of the molecule is Cc1ccc(C)c(N2C(=O)C(=O)/C(=C(\O)c3ccccc3)C2c2ccc(C)o2)c1. The quantitative estimate of drug-likeness (QED) is 0.397. The summed E-state index contributed by atoms with van der Waals surface area (Å²) in [4.78, 5) is 27.6. The van der Waals surface area contributed by atoms with Gasteiger partial charge in [-0.25, -0.2) is 0 Å². The van der Waals surface area contributed by atoms with Crippen molar-refractivity contribution < 1.29 is 19.1 Å². The van der Waals surface area contributed by atoms with Crippen LogP contribution in [0.3, 0.4) is 0 Å². The zero-order valence-electron chi connectivity index (χ0n) is 16.5. The number of amides is 1. The fourth-order valence-electron chi connectivity index (χ4n) is 3.68. The highest BCUT2D eigenvalue weighted by Gasteiger charge is 2.48. The van der Waals surface area contributed by atoms with E-state index in [1.54, 1.807) is 43.3 Å². The number of ketones is 1. The van der Waals surface area contributed by atoms with Gasteiger partial charge in [-0.1, -0.05) is 42.5 Å². The Bertz CT molecular complexity index is 1140. The van der Waals surface area contributed by atoms with Crippen molar-refractivity contribution in [3.63, 3.8) is 0 Å². The first kappa shape index (κ1) is 18.7. The van der Waals surface area contributed by atoms with Gasteiger partial charge in [0, 0.05) is 11.3 Å². The predicted molar refractivity (Wildman–Crippen MR) is 111 cm³/mol. The molecule has 3 aromatic rings. The van der Waals surface area contributed by atoms with E-state index >= 15 is 0 Å². The summed E-state index contributed by atoms with van der Waals surface area (Å²) in [5.74, 6) is -0.538. The Hall–Kier alpha value is -3.60. The van der Waals surface area contributed by atoms with E-state index in [4.69, 9.17) is 4.42 Å². The second-order valence-corrected chi connectivity index (χ2v) is 7.27. The van der Waals surface area contributed by atoms with Gasteiger partial charge in [0.2, 0.25) is 0 Å². The molecule has 1 aliphatic heterocycles. The number of furan rings is 1. The van der Waals surface area contributed by atoms with E-state index in [-0.39, 0.29) is 11.3 Å². The Labute approximate surface area is 168 Å². The third-order valence-corrected chi connectivity index (χ3v) is 5.15. The van der Waals surface area contributed by atoms with E-state index < -0.39 is 17.7 Å². The summed E-state index contributed by atoms with van der Waals surface area (Å²) in [7, 11) is 0. The highest BCUT2D eigenvalue weighted by molar-refractivity contribution is 6.51. The molecule has 1 aromatic heterocycles. The summed E-state index contributed by atoms with van der Waals surface area (Å²) >= 11 is 0. The third kappa shape index (κ3) is 3.14. The molecule has 0 aliphatic carbocycles. The average Bonchev–Trinajstić information content (AvgIpc) is 3.25. The molecule has 1 unspecified atom stereocenters. The van der Waals surface area contributed by atoms with Crippen LogP contribution in [0.25, 0.3) is 5.76 Å². The predicted octanol–water partition coefficient (Wildman–Crippen LogP) is 4.83. The highest BCUT2D eigenvalue weighted by Crippen LogP contribution is 2.43. The normalized spacial score (nSPS) is 18.4. The summed E-state index contributed by atoms with van der Waals surface area (Å²) < 4.78 is 5.81. The molecule has 0 radical (unpaired) electrons. The van der Waals surface area contributed by atoms with Gasteiger partial charge in [-0.3, -0.25) is 14.5 Å². The van der Waals surface area contributed by atoms with E-state index in [1.807, 2.05) is 38.1 Å². The zero-order chi connectivity index (χ0) is 20.7. The van der Waals surface area contributed by atoms with Crippen LogP contribution in [-0.4, -0.2) is 16.8 Å². The molecule has 4 rings (SSSR count). The number of hydrogen-bond donors (Lipinski definition) is 1. The van der Waals surface area contributed by atoms with Gasteiger partial charge >= 0.3 is 0 Å². The largest absolute Gasteiger partial charge is 0.507 e. The molecule has 1 saturated heterocycles. The highest BCUT2D eigenvalue weighted by atomic mass is 16.3. The summed E-state index contributed by atoms with van der Waals surface area (Å²) in [6, 6.07) is 17.1. The van der Waals surface area contributed by atoms with Crippen molar-refractivity contribution in [2.75, 3.05) is 4.90 Å². The molecule has 0 bridgehead atoms. The Morgan fingerprint density at radius 3 is 2.34 bits per heavy atom. The second kappa shape index (κ2) is 7.09. The minimum absolute atomic E-state index is 0.0245. The first-order valence-corrected chi connectivity index (χ1v) is 9.38. The van der Waals surface area contributed by atoms with Gasteiger partial charge in [-0.15, -0.1) is 0 Å². The third-order valence-electron chi connectivity index (χ3n) is 5.15. The first-order chi connectivity index (χ1) is 13.9. The smallest absolute Gasteiger partial charge is 0.300 e. The van der Waals surface area contributed by atoms with E-state index in [1.165, 1.54) is 4.90 Å². The molecule has 2 aromatic carbocycles. The molecular weight excluding hydrogens is 366 g/mol.